The number of ether oxygens (including phenoxy) is 1. The molecule has 7 rings (SSSR count). The minimum absolute atomic E-state index is 0.174. The maximum atomic E-state index is 13.2. The first-order valence-corrected chi connectivity index (χ1v) is 13.9. The molecule has 0 unspecified atom stereocenters. The molecule has 1 heterocycles. The maximum absolute atomic E-state index is 13.2. The summed E-state index contributed by atoms with van der Waals surface area (Å²) >= 11 is 7.27. The van der Waals surface area contributed by atoms with Crippen LogP contribution in [0.3, 0.4) is 0 Å². The number of nitrogens with zero attached hydrogens (tertiary/aromatic N) is 1. The van der Waals surface area contributed by atoms with Gasteiger partial charge in [0, 0.05) is 10.6 Å². The summed E-state index contributed by atoms with van der Waals surface area (Å²) < 4.78 is 5.94. The molecule has 4 nitrogen and oxygen atoms in total. The molecule has 1 aliphatic heterocycles. The fourth-order valence-electron chi connectivity index (χ4n) is 7.32. The van der Waals surface area contributed by atoms with E-state index in [-0.39, 0.29) is 23.1 Å². The summed E-state index contributed by atoms with van der Waals surface area (Å²) in [6.45, 7) is 2.69. The van der Waals surface area contributed by atoms with E-state index >= 15 is 0 Å². The van der Waals surface area contributed by atoms with Crippen LogP contribution in [0.4, 0.5) is 4.79 Å². The molecular weight excluding hydrogens is 478 g/mol. The van der Waals surface area contributed by atoms with Gasteiger partial charge < -0.3 is 4.74 Å². The lowest BCUT2D eigenvalue weighted by Crippen LogP contribution is -2.48. The van der Waals surface area contributed by atoms with Gasteiger partial charge in [-0.15, -0.1) is 0 Å². The highest BCUT2D eigenvalue weighted by Gasteiger charge is 2.51. The van der Waals surface area contributed by atoms with Crippen molar-refractivity contribution in [1.29, 1.82) is 0 Å². The molecule has 2 aromatic rings. The maximum Gasteiger partial charge on any atom is 0.293 e. The van der Waals surface area contributed by atoms with Crippen molar-refractivity contribution in [2.75, 3.05) is 6.61 Å². The number of hydrogen-bond acceptors (Lipinski definition) is 4. The molecule has 1 saturated heterocycles. The Hall–Kier alpha value is -2.24. The van der Waals surface area contributed by atoms with Crippen LogP contribution in [0.1, 0.15) is 62.1 Å². The molecule has 4 aliphatic carbocycles. The summed E-state index contributed by atoms with van der Waals surface area (Å²) in [5.41, 5.74) is 3.28. The Balaban J connectivity index is 1.32. The quantitative estimate of drug-likeness (QED) is 0.381. The van der Waals surface area contributed by atoms with E-state index in [1.807, 2.05) is 31.2 Å². The van der Waals surface area contributed by atoms with Gasteiger partial charge in [-0.1, -0.05) is 35.9 Å². The van der Waals surface area contributed by atoms with E-state index < -0.39 is 0 Å². The van der Waals surface area contributed by atoms with Gasteiger partial charge in [-0.2, -0.15) is 0 Å². The van der Waals surface area contributed by atoms with Gasteiger partial charge >= 0.3 is 0 Å². The Kier molecular flexibility index (Phi) is 5.96. The third kappa shape index (κ3) is 4.21. The molecule has 35 heavy (non-hydrogen) atoms. The van der Waals surface area contributed by atoms with Gasteiger partial charge in [-0.05, 0) is 116 Å². The summed E-state index contributed by atoms with van der Waals surface area (Å²) in [4.78, 5) is 27.7. The van der Waals surface area contributed by atoms with Crippen LogP contribution in [-0.2, 0) is 16.8 Å². The molecule has 0 atom stereocenters. The van der Waals surface area contributed by atoms with Crippen molar-refractivity contribution in [3.05, 3.63) is 69.1 Å². The molecule has 0 N–H and O–H groups in total. The molecule has 182 valence electrons. The molecule has 2 amide bonds. The zero-order valence-corrected chi connectivity index (χ0v) is 21.5. The van der Waals surface area contributed by atoms with Gasteiger partial charge in [0.2, 0.25) is 0 Å². The minimum Gasteiger partial charge on any atom is -0.493 e. The lowest BCUT2D eigenvalue weighted by molar-refractivity contribution is -0.123. The SMILES string of the molecule is CCOc1ccc(C23CC4CC(CC(C4)C2)C3)cc1/C=C1\SC(=O)N(Cc2ccccc2Cl)C1=O. The first kappa shape index (κ1) is 23.2. The second kappa shape index (κ2) is 9.01. The van der Waals surface area contributed by atoms with E-state index in [1.165, 1.54) is 49.0 Å². The number of carbonyl (C=O) groups excluding carboxylic acids is 2. The van der Waals surface area contributed by atoms with Crippen molar-refractivity contribution >= 4 is 40.6 Å². The highest BCUT2D eigenvalue weighted by molar-refractivity contribution is 8.18. The third-order valence-corrected chi connectivity index (χ3v) is 9.68. The van der Waals surface area contributed by atoms with Gasteiger partial charge in [0.05, 0.1) is 18.1 Å². The van der Waals surface area contributed by atoms with E-state index in [9.17, 15) is 9.59 Å². The molecule has 0 spiro atoms. The molecule has 6 heteroatoms. The summed E-state index contributed by atoms with van der Waals surface area (Å²) in [5.74, 6) is 3.06. The lowest BCUT2D eigenvalue weighted by Gasteiger charge is -2.57. The predicted molar refractivity (Wildman–Crippen MR) is 140 cm³/mol. The molecule has 4 saturated carbocycles. The van der Waals surface area contributed by atoms with Crippen molar-refractivity contribution in [3.63, 3.8) is 0 Å². The van der Waals surface area contributed by atoms with Crippen LogP contribution in [0.25, 0.3) is 6.08 Å². The lowest BCUT2D eigenvalue weighted by atomic mass is 9.48. The van der Waals surface area contributed by atoms with E-state index in [2.05, 4.69) is 18.2 Å². The van der Waals surface area contributed by atoms with Crippen LogP contribution in [0.5, 0.6) is 5.75 Å². The first-order valence-electron chi connectivity index (χ1n) is 12.7. The highest BCUT2D eigenvalue weighted by Crippen LogP contribution is 2.61. The molecule has 5 aliphatic rings. The van der Waals surface area contributed by atoms with Gasteiger partial charge in [0.1, 0.15) is 5.75 Å². The average Bonchev–Trinajstić information content (AvgIpc) is 3.08. The number of hydrogen-bond donors (Lipinski definition) is 0. The first-order chi connectivity index (χ1) is 16.9. The van der Waals surface area contributed by atoms with Gasteiger partial charge in [-0.3, -0.25) is 14.5 Å². The number of amides is 2. The fourth-order valence-corrected chi connectivity index (χ4v) is 8.34. The smallest absolute Gasteiger partial charge is 0.293 e. The van der Waals surface area contributed by atoms with Crippen LogP contribution >= 0.6 is 23.4 Å². The Labute approximate surface area is 216 Å². The van der Waals surface area contributed by atoms with Crippen LogP contribution < -0.4 is 4.74 Å². The van der Waals surface area contributed by atoms with E-state index in [1.54, 1.807) is 6.07 Å². The molecule has 4 bridgehead atoms. The molecule has 5 fully saturated rings. The number of carbonyl (C=O) groups is 2. The van der Waals surface area contributed by atoms with Crippen molar-refractivity contribution in [1.82, 2.24) is 4.90 Å². The zero-order valence-electron chi connectivity index (χ0n) is 20.0. The number of halogens is 1. The molecule has 2 aromatic carbocycles. The Bertz CT molecular complexity index is 1190. The second-order valence-electron chi connectivity index (χ2n) is 10.7. The Morgan fingerprint density at radius 2 is 1.74 bits per heavy atom. The molecular formula is C29H30ClNO3S. The van der Waals surface area contributed by atoms with Crippen molar-refractivity contribution in [3.8, 4) is 5.75 Å². The highest BCUT2D eigenvalue weighted by atomic mass is 35.5. The Morgan fingerprint density at radius 3 is 2.40 bits per heavy atom. The average molecular weight is 508 g/mol. The zero-order chi connectivity index (χ0) is 24.2. The largest absolute Gasteiger partial charge is 0.493 e. The molecule has 0 radical (unpaired) electrons. The number of thioether (sulfide) groups is 1. The number of benzene rings is 2. The van der Waals surface area contributed by atoms with E-state index in [0.29, 0.717) is 16.5 Å². The van der Waals surface area contributed by atoms with Crippen LogP contribution in [0.2, 0.25) is 5.02 Å². The van der Waals surface area contributed by atoms with Crippen molar-refractivity contribution in [2.24, 2.45) is 17.8 Å². The fraction of sp³-hybridized carbons (Fsp3) is 0.448. The standard InChI is InChI=1S/C29H30ClNO3S/c1-2-34-25-8-7-23(29-14-18-9-19(15-29)11-20(10-18)16-29)12-22(25)13-26-27(32)31(28(33)35-26)17-21-5-3-4-6-24(21)30/h3-8,12-13,18-20H,2,9-11,14-17H2,1H3/b26-13-. The summed E-state index contributed by atoms with van der Waals surface area (Å²) in [7, 11) is 0. The summed E-state index contributed by atoms with van der Waals surface area (Å²) in [5, 5.41) is 0.286. The van der Waals surface area contributed by atoms with E-state index in [4.69, 9.17) is 16.3 Å². The number of imide groups is 1. The summed E-state index contributed by atoms with van der Waals surface area (Å²) in [6.07, 6.45) is 9.90. The normalized spacial score (nSPS) is 30.5. The Morgan fingerprint density at radius 1 is 1.06 bits per heavy atom. The molecule has 0 aromatic heterocycles. The van der Waals surface area contributed by atoms with Gasteiger partial charge in [0.25, 0.3) is 11.1 Å². The van der Waals surface area contributed by atoms with Crippen molar-refractivity contribution < 1.29 is 14.3 Å². The van der Waals surface area contributed by atoms with Gasteiger partial charge in [0.15, 0.2) is 0 Å². The number of rotatable bonds is 6. The summed E-state index contributed by atoms with van der Waals surface area (Å²) in [6, 6.07) is 13.9. The second-order valence-corrected chi connectivity index (χ2v) is 12.1. The predicted octanol–water partition coefficient (Wildman–Crippen LogP) is 7.44. The monoisotopic (exact) mass is 507 g/mol. The topological polar surface area (TPSA) is 46.6 Å². The van der Waals surface area contributed by atoms with E-state index in [0.717, 1.165) is 46.4 Å². The van der Waals surface area contributed by atoms with Crippen LogP contribution in [-0.4, -0.2) is 22.7 Å². The van der Waals surface area contributed by atoms with Gasteiger partial charge in [-0.25, -0.2) is 0 Å². The van der Waals surface area contributed by atoms with Crippen LogP contribution in [0.15, 0.2) is 47.4 Å². The third-order valence-electron chi connectivity index (χ3n) is 8.41. The minimum atomic E-state index is -0.275. The van der Waals surface area contributed by atoms with Crippen LogP contribution in [0, 0.1) is 17.8 Å². The van der Waals surface area contributed by atoms with Crippen molar-refractivity contribution in [2.45, 2.75) is 57.4 Å².